The summed E-state index contributed by atoms with van der Waals surface area (Å²) in [7, 11) is 1.46. The van der Waals surface area contributed by atoms with Crippen molar-refractivity contribution in [1.29, 1.82) is 0 Å². The average molecular weight is 1110 g/mol. The Hall–Kier alpha value is -3.33. The van der Waals surface area contributed by atoms with Gasteiger partial charge in [-0.25, -0.2) is 4.57 Å². The molecular weight excluding hydrogens is 990 g/mol. The van der Waals surface area contributed by atoms with E-state index in [0.29, 0.717) is 17.4 Å². The van der Waals surface area contributed by atoms with Gasteiger partial charge < -0.3 is 18.9 Å². The van der Waals surface area contributed by atoms with E-state index in [4.69, 9.17) is 18.5 Å². The number of unbranched alkanes of at least 4 members (excludes halogenated alkanes) is 25. The van der Waals surface area contributed by atoms with E-state index in [2.05, 4.69) is 123 Å². The van der Waals surface area contributed by atoms with Gasteiger partial charge in [0.15, 0.2) is 6.10 Å². The summed E-state index contributed by atoms with van der Waals surface area (Å²) in [5.74, 6) is -0.817. The molecule has 1 N–H and O–H groups in total. The van der Waals surface area contributed by atoms with E-state index in [1.54, 1.807) is 0 Å². The number of phosphoric ester groups is 1. The molecule has 0 aliphatic heterocycles. The Labute approximate surface area is 480 Å². The SMILES string of the molecule is CC/C=C\C/C=C\C/C=C\C/C=C\C/C=C\C/C=C\C/C=C\C/C=C\C/C=C\CCCCCCCC(=O)OC(COC(=O)CCCCCCCCCCCCCCCCCCCCCCC)COP(=O)(O)OCC[N+](C)(C)C. The van der Waals surface area contributed by atoms with Crippen LogP contribution in [0.4, 0.5) is 0 Å². The predicted molar refractivity (Wildman–Crippen MR) is 335 cm³/mol. The molecule has 0 saturated carbocycles. The highest BCUT2D eigenvalue weighted by atomic mass is 31.2. The molecule has 0 aromatic rings. The van der Waals surface area contributed by atoms with Crippen LogP contribution in [0.15, 0.2) is 109 Å². The third-order valence-electron chi connectivity index (χ3n) is 13.3. The Morgan fingerprint density at radius 2 is 0.731 bits per heavy atom. The number of rotatable bonds is 57. The van der Waals surface area contributed by atoms with Crippen molar-refractivity contribution in [3.05, 3.63) is 109 Å². The Kier molecular flexibility index (Phi) is 55.8. The number of allylic oxidation sites excluding steroid dienone is 18. The van der Waals surface area contributed by atoms with E-state index in [0.717, 1.165) is 109 Å². The molecular formula is C68H119NO8P+. The van der Waals surface area contributed by atoms with Crippen molar-refractivity contribution in [2.75, 3.05) is 47.5 Å². The number of hydrogen-bond acceptors (Lipinski definition) is 7. The molecule has 0 saturated heterocycles. The number of esters is 2. The Morgan fingerprint density at radius 3 is 1.09 bits per heavy atom. The summed E-state index contributed by atoms with van der Waals surface area (Å²) in [4.78, 5) is 35.8. The van der Waals surface area contributed by atoms with Gasteiger partial charge in [-0.3, -0.25) is 18.6 Å². The van der Waals surface area contributed by atoms with Crippen molar-refractivity contribution >= 4 is 19.8 Å². The minimum Gasteiger partial charge on any atom is -0.462 e. The van der Waals surface area contributed by atoms with Gasteiger partial charge in [-0.2, -0.15) is 0 Å². The van der Waals surface area contributed by atoms with Gasteiger partial charge in [0.2, 0.25) is 0 Å². The van der Waals surface area contributed by atoms with Gasteiger partial charge in [0.1, 0.15) is 19.8 Å². The van der Waals surface area contributed by atoms with Gasteiger partial charge in [-0.05, 0) is 83.5 Å². The lowest BCUT2D eigenvalue weighted by Gasteiger charge is -2.24. The monoisotopic (exact) mass is 1110 g/mol. The van der Waals surface area contributed by atoms with Crippen molar-refractivity contribution in [2.45, 2.75) is 264 Å². The van der Waals surface area contributed by atoms with E-state index >= 15 is 0 Å². The minimum atomic E-state index is -4.40. The summed E-state index contributed by atoms with van der Waals surface area (Å²) in [6, 6.07) is 0. The van der Waals surface area contributed by atoms with Crippen LogP contribution in [-0.2, 0) is 32.7 Å². The molecule has 0 fully saturated rings. The number of phosphoric acid groups is 1. The van der Waals surface area contributed by atoms with E-state index in [-0.39, 0.29) is 32.0 Å². The Balaban J connectivity index is 4.20. The second-order valence-corrected chi connectivity index (χ2v) is 23.5. The summed E-state index contributed by atoms with van der Waals surface area (Å²) in [5.41, 5.74) is 0. The molecule has 10 heteroatoms. The standard InChI is InChI=1S/C68H118NO8P/c1-6-8-10-12-14-16-18-20-22-24-26-28-29-30-31-32-33-34-35-36-37-38-39-41-43-45-47-49-51-53-55-57-59-61-68(71)77-66(65-76-78(72,73)75-63-62-69(3,4)5)64-74-67(70)60-58-56-54-52-50-48-46-44-42-40-27-25-23-21-19-17-15-13-11-9-7-2/h8,10,14,16,20,22,26,28,30-31,33-34,36-37,39,41,45,47,66H,6-7,9,11-13,15,17-19,21,23-25,27,29,32,35,38,40,42-44,46,48-65H2,1-5H3/p+1/b10-8-,16-14-,22-20-,28-26-,31-30-,34-33-,37-36-,41-39-,47-45-. The van der Waals surface area contributed by atoms with E-state index in [1.807, 2.05) is 21.1 Å². The molecule has 0 aliphatic carbocycles. The van der Waals surface area contributed by atoms with Crippen molar-refractivity contribution in [2.24, 2.45) is 0 Å². The zero-order valence-electron chi connectivity index (χ0n) is 50.9. The maximum absolute atomic E-state index is 12.8. The van der Waals surface area contributed by atoms with Crippen LogP contribution in [-0.4, -0.2) is 74.9 Å². The first-order valence-corrected chi connectivity index (χ1v) is 33.1. The predicted octanol–water partition coefficient (Wildman–Crippen LogP) is 20.2. The molecule has 0 aliphatic rings. The molecule has 0 amide bonds. The number of carbonyl (C=O) groups is 2. The normalized spacial score (nSPS) is 14.0. The second-order valence-electron chi connectivity index (χ2n) is 22.1. The second kappa shape index (κ2) is 58.3. The van der Waals surface area contributed by atoms with Crippen molar-refractivity contribution < 1.29 is 42.1 Å². The fraction of sp³-hybridized carbons (Fsp3) is 0.706. The first kappa shape index (κ1) is 74.7. The molecule has 0 bridgehead atoms. The molecule has 0 heterocycles. The van der Waals surface area contributed by atoms with Crippen molar-refractivity contribution in [1.82, 2.24) is 0 Å². The lowest BCUT2D eigenvalue weighted by Crippen LogP contribution is -2.37. The third kappa shape index (κ3) is 61.9. The molecule has 2 atom stereocenters. The Morgan fingerprint density at radius 1 is 0.410 bits per heavy atom. The molecule has 2 unspecified atom stereocenters. The zero-order chi connectivity index (χ0) is 57.0. The topological polar surface area (TPSA) is 108 Å². The van der Waals surface area contributed by atoms with Crippen LogP contribution in [0.5, 0.6) is 0 Å². The molecule has 0 spiro atoms. The number of nitrogens with zero attached hydrogens (tertiary/aromatic N) is 1. The molecule has 0 aromatic carbocycles. The quantitative estimate of drug-likeness (QED) is 0.0211. The molecule has 9 nitrogen and oxygen atoms in total. The summed E-state index contributed by atoms with van der Waals surface area (Å²) in [5, 5.41) is 0. The third-order valence-corrected chi connectivity index (χ3v) is 14.3. The molecule has 0 rings (SSSR count). The van der Waals surface area contributed by atoms with Crippen LogP contribution in [0.3, 0.4) is 0 Å². The lowest BCUT2D eigenvalue weighted by atomic mass is 10.0. The van der Waals surface area contributed by atoms with Crippen LogP contribution in [0, 0.1) is 0 Å². The van der Waals surface area contributed by atoms with E-state index in [9.17, 15) is 19.0 Å². The number of hydrogen-bond donors (Lipinski definition) is 1. The van der Waals surface area contributed by atoms with Gasteiger partial charge in [0, 0.05) is 12.8 Å². The van der Waals surface area contributed by atoms with Crippen LogP contribution in [0.25, 0.3) is 0 Å². The highest BCUT2D eigenvalue weighted by molar-refractivity contribution is 7.47. The summed E-state index contributed by atoms with van der Waals surface area (Å²) >= 11 is 0. The van der Waals surface area contributed by atoms with Crippen LogP contribution in [0.2, 0.25) is 0 Å². The van der Waals surface area contributed by atoms with Crippen molar-refractivity contribution in [3.8, 4) is 0 Å². The van der Waals surface area contributed by atoms with Crippen LogP contribution in [0.1, 0.15) is 258 Å². The smallest absolute Gasteiger partial charge is 0.462 e. The van der Waals surface area contributed by atoms with E-state index < -0.39 is 26.5 Å². The molecule has 448 valence electrons. The fourth-order valence-corrected chi connectivity index (χ4v) is 9.22. The summed E-state index contributed by atoms with van der Waals surface area (Å²) < 4.78 is 34.6. The summed E-state index contributed by atoms with van der Waals surface area (Å²) in [6.07, 6.45) is 81.6. The first-order valence-electron chi connectivity index (χ1n) is 31.6. The number of quaternary nitrogens is 1. The number of carbonyl (C=O) groups excluding carboxylic acids is 2. The van der Waals surface area contributed by atoms with Crippen molar-refractivity contribution in [3.63, 3.8) is 0 Å². The average Bonchev–Trinajstić information content (AvgIpc) is 3.41. The minimum absolute atomic E-state index is 0.0234. The zero-order valence-corrected chi connectivity index (χ0v) is 51.8. The van der Waals surface area contributed by atoms with Gasteiger partial charge in [0.05, 0.1) is 27.7 Å². The fourth-order valence-electron chi connectivity index (χ4n) is 8.48. The molecule has 78 heavy (non-hydrogen) atoms. The summed E-state index contributed by atoms with van der Waals surface area (Å²) in [6.45, 7) is 4.31. The van der Waals surface area contributed by atoms with Gasteiger partial charge in [-0.1, -0.05) is 271 Å². The first-order chi connectivity index (χ1) is 38.0. The van der Waals surface area contributed by atoms with Gasteiger partial charge in [-0.15, -0.1) is 0 Å². The number of ether oxygens (including phenoxy) is 2. The van der Waals surface area contributed by atoms with Crippen LogP contribution >= 0.6 is 7.82 Å². The van der Waals surface area contributed by atoms with E-state index in [1.165, 1.54) is 116 Å². The lowest BCUT2D eigenvalue weighted by molar-refractivity contribution is -0.870. The maximum atomic E-state index is 12.8. The van der Waals surface area contributed by atoms with Gasteiger partial charge in [0.25, 0.3) is 0 Å². The van der Waals surface area contributed by atoms with Gasteiger partial charge >= 0.3 is 19.8 Å². The van der Waals surface area contributed by atoms with Crippen LogP contribution < -0.4 is 0 Å². The largest absolute Gasteiger partial charge is 0.472 e. The Bertz CT molecular complexity index is 1680. The molecule has 0 radical (unpaired) electrons. The highest BCUT2D eigenvalue weighted by Crippen LogP contribution is 2.43. The maximum Gasteiger partial charge on any atom is 0.472 e. The molecule has 0 aromatic heterocycles. The highest BCUT2D eigenvalue weighted by Gasteiger charge is 2.27. The number of likely N-dealkylation sites (N-methyl/N-ethyl adjacent to an activating group) is 1.